The van der Waals surface area contributed by atoms with Gasteiger partial charge in [0.25, 0.3) is 10.9 Å². The van der Waals surface area contributed by atoms with Gasteiger partial charge in [0.1, 0.15) is 11.4 Å². The average molecular weight is 426 g/mol. The zero-order chi connectivity index (χ0) is 20.5. The third-order valence-corrected chi connectivity index (χ3v) is 6.29. The summed E-state index contributed by atoms with van der Waals surface area (Å²) in [6, 6.07) is 3.22. The second-order valence-corrected chi connectivity index (χ2v) is 8.98. The summed E-state index contributed by atoms with van der Waals surface area (Å²) in [5.74, 6) is -0.0716. The van der Waals surface area contributed by atoms with Gasteiger partial charge in [-0.1, -0.05) is 24.4 Å². The van der Waals surface area contributed by atoms with Crippen LogP contribution in [0.5, 0.6) is 5.75 Å². The Bertz CT molecular complexity index is 934. The zero-order valence-electron chi connectivity index (χ0n) is 16.1. The molecule has 3 N–H and O–H groups in total. The predicted molar refractivity (Wildman–Crippen MR) is 114 cm³/mol. The van der Waals surface area contributed by atoms with Crippen molar-refractivity contribution in [2.45, 2.75) is 36.1 Å². The summed E-state index contributed by atoms with van der Waals surface area (Å²) >= 11 is 7.45. The maximum Gasteiger partial charge on any atom is 0.253 e. The van der Waals surface area contributed by atoms with E-state index in [0.717, 1.165) is 25.7 Å². The number of halogens is 1. The van der Waals surface area contributed by atoms with Gasteiger partial charge in [0.05, 0.1) is 27.8 Å². The lowest BCUT2D eigenvalue weighted by Gasteiger charge is -2.32. The van der Waals surface area contributed by atoms with Gasteiger partial charge >= 0.3 is 0 Å². The van der Waals surface area contributed by atoms with E-state index in [2.05, 4.69) is 10.6 Å². The summed E-state index contributed by atoms with van der Waals surface area (Å²) in [4.78, 5) is 24.9. The second-order valence-electron chi connectivity index (χ2n) is 7.26. The molecule has 2 aromatic rings. The van der Waals surface area contributed by atoms with Crippen LogP contribution < -0.4 is 21.5 Å². The molecule has 1 fully saturated rings. The molecule has 0 amide bonds. The Morgan fingerprint density at radius 1 is 1.21 bits per heavy atom. The molecule has 9 heteroatoms. The molecule has 3 rings (SSSR count). The van der Waals surface area contributed by atoms with Gasteiger partial charge in [-0.25, -0.2) is 0 Å². The molecule has 1 aliphatic rings. The van der Waals surface area contributed by atoms with Crippen molar-refractivity contribution in [3.05, 3.63) is 37.6 Å². The Labute approximate surface area is 172 Å². The first-order valence-electron chi connectivity index (χ1n) is 9.02. The number of anilines is 3. The molecule has 1 saturated carbocycles. The first-order valence-corrected chi connectivity index (χ1v) is 10.2. The van der Waals surface area contributed by atoms with Crippen LogP contribution in [0.3, 0.4) is 0 Å². The Hall–Kier alpha value is -1.74. The predicted octanol–water partition coefficient (Wildman–Crippen LogP) is 3.33. The highest BCUT2D eigenvalue weighted by atomic mass is 35.5. The number of rotatable bonds is 8. The molecule has 7 nitrogen and oxygen atoms in total. The fraction of sp³-hybridized carbons (Fsp3) is 0.474. The number of hydrogen-bond acceptors (Lipinski definition) is 8. The Balaban J connectivity index is 1.90. The summed E-state index contributed by atoms with van der Waals surface area (Å²) in [5.41, 5.74) is -0.783. The molecule has 0 aromatic heterocycles. The minimum Gasteiger partial charge on any atom is -0.505 e. The first kappa shape index (κ1) is 21.0. The van der Waals surface area contributed by atoms with Gasteiger partial charge in [0.2, 0.25) is 0 Å². The van der Waals surface area contributed by atoms with Crippen molar-refractivity contribution in [3.63, 3.8) is 0 Å². The standard InChI is InChI=1S/C19H24ClN3O4S/c1-23(2)28-18-11(20)6-7-12(15(18)24)21-13-14(17(26)16(13)25)22-19(10-27-3)8-4-5-9-19/h6-7,21-22,24H,4-5,8-10H2,1-3H3. The molecule has 0 spiro atoms. The lowest BCUT2D eigenvalue weighted by molar-refractivity contribution is 0.145. The van der Waals surface area contributed by atoms with Crippen molar-refractivity contribution < 1.29 is 9.84 Å². The van der Waals surface area contributed by atoms with E-state index in [1.807, 2.05) is 14.1 Å². The molecule has 152 valence electrons. The molecular weight excluding hydrogens is 402 g/mol. The summed E-state index contributed by atoms with van der Waals surface area (Å²) in [6.45, 7) is 0.459. The van der Waals surface area contributed by atoms with Crippen LogP contribution in [0.2, 0.25) is 5.02 Å². The highest BCUT2D eigenvalue weighted by Crippen LogP contribution is 2.42. The lowest BCUT2D eigenvalue weighted by Crippen LogP contribution is -2.46. The summed E-state index contributed by atoms with van der Waals surface area (Å²) in [6.07, 6.45) is 3.82. The van der Waals surface area contributed by atoms with Crippen LogP contribution in [-0.2, 0) is 4.74 Å². The van der Waals surface area contributed by atoms with E-state index in [1.54, 1.807) is 23.5 Å². The van der Waals surface area contributed by atoms with Crippen LogP contribution in [0.15, 0.2) is 26.6 Å². The van der Waals surface area contributed by atoms with Crippen LogP contribution in [0.4, 0.5) is 17.1 Å². The highest BCUT2D eigenvalue weighted by Gasteiger charge is 2.37. The summed E-state index contributed by atoms with van der Waals surface area (Å²) in [5, 5.41) is 17.2. The molecule has 0 saturated heterocycles. The molecule has 2 aromatic carbocycles. The smallest absolute Gasteiger partial charge is 0.253 e. The van der Waals surface area contributed by atoms with E-state index in [4.69, 9.17) is 16.3 Å². The number of phenols is 1. The van der Waals surface area contributed by atoms with E-state index in [9.17, 15) is 14.7 Å². The molecule has 0 radical (unpaired) electrons. The maximum absolute atomic E-state index is 12.2. The van der Waals surface area contributed by atoms with Gasteiger partial charge in [-0.15, -0.1) is 0 Å². The number of ether oxygens (including phenoxy) is 1. The second kappa shape index (κ2) is 8.32. The van der Waals surface area contributed by atoms with Crippen LogP contribution in [0.25, 0.3) is 0 Å². The Kier molecular flexibility index (Phi) is 6.24. The van der Waals surface area contributed by atoms with Crippen LogP contribution >= 0.6 is 23.5 Å². The van der Waals surface area contributed by atoms with Crippen molar-refractivity contribution in [1.82, 2.24) is 4.31 Å². The maximum atomic E-state index is 12.2. The van der Waals surface area contributed by atoms with E-state index in [0.29, 0.717) is 22.2 Å². The van der Waals surface area contributed by atoms with Gasteiger partial charge in [0.15, 0.2) is 5.75 Å². The van der Waals surface area contributed by atoms with E-state index < -0.39 is 10.9 Å². The number of nitrogens with zero attached hydrogens (tertiary/aromatic N) is 1. The topological polar surface area (TPSA) is 90.9 Å². The fourth-order valence-corrected chi connectivity index (χ4v) is 4.55. The van der Waals surface area contributed by atoms with Crippen LogP contribution in [-0.4, -0.2) is 42.8 Å². The zero-order valence-corrected chi connectivity index (χ0v) is 17.7. The highest BCUT2D eigenvalue weighted by molar-refractivity contribution is 7.97. The quantitative estimate of drug-likeness (QED) is 0.337. The van der Waals surface area contributed by atoms with E-state index >= 15 is 0 Å². The number of nitrogens with one attached hydrogen (secondary N) is 2. The van der Waals surface area contributed by atoms with Gasteiger partial charge in [0, 0.05) is 7.11 Å². The summed E-state index contributed by atoms with van der Waals surface area (Å²) in [7, 11) is 5.28. The normalized spacial score (nSPS) is 16.0. The third-order valence-electron chi connectivity index (χ3n) is 4.90. The molecule has 0 atom stereocenters. The first-order chi connectivity index (χ1) is 13.3. The number of methoxy groups -OCH3 is 1. The molecule has 0 unspecified atom stereocenters. The number of phenolic OH excluding ortho intramolecular Hbond substituents is 1. The molecule has 0 aliphatic heterocycles. The van der Waals surface area contributed by atoms with E-state index in [1.165, 1.54) is 11.9 Å². The largest absolute Gasteiger partial charge is 0.505 e. The number of aromatic hydroxyl groups is 1. The minimum atomic E-state index is -0.607. The van der Waals surface area contributed by atoms with Crippen molar-refractivity contribution in [2.24, 2.45) is 0 Å². The minimum absolute atomic E-state index is 0.0716. The van der Waals surface area contributed by atoms with Crippen molar-refractivity contribution in [3.8, 4) is 5.75 Å². The molecule has 1 aliphatic carbocycles. The van der Waals surface area contributed by atoms with E-state index in [-0.39, 0.29) is 22.7 Å². The van der Waals surface area contributed by atoms with Gasteiger partial charge in [-0.05, 0) is 51.0 Å². The van der Waals surface area contributed by atoms with Crippen LogP contribution in [0.1, 0.15) is 25.7 Å². The number of benzene rings is 1. The molecule has 28 heavy (non-hydrogen) atoms. The number of hydrogen-bond donors (Lipinski definition) is 3. The Morgan fingerprint density at radius 2 is 1.86 bits per heavy atom. The third kappa shape index (κ3) is 4.00. The van der Waals surface area contributed by atoms with Gasteiger partial charge in [-0.2, -0.15) is 0 Å². The van der Waals surface area contributed by atoms with Crippen molar-refractivity contribution in [1.29, 1.82) is 0 Å². The summed E-state index contributed by atoms with van der Waals surface area (Å²) < 4.78 is 7.13. The average Bonchev–Trinajstić information content (AvgIpc) is 3.11. The molecular formula is C19H24ClN3O4S. The van der Waals surface area contributed by atoms with Gasteiger partial charge < -0.3 is 20.5 Å². The van der Waals surface area contributed by atoms with Crippen molar-refractivity contribution >= 4 is 40.6 Å². The SMILES string of the molecule is COCC1(Nc2c(Nc3ccc(Cl)c(SN(C)C)c3O)c(=O)c2=O)CCCC1. The molecule has 0 bridgehead atoms. The van der Waals surface area contributed by atoms with Crippen molar-refractivity contribution in [2.75, 3.05) is 38.4 Å². The monoisotopic (exact) mass is 425 g/mol. The lowest BCUT2D eigenvalue weighted by atomic mass is 9.97. The van der Waals surface area contributed by atoms with Gasteiger partial charge in [-0.3, -0.25) is 13.9 Å². The fourth-order valence-electron chi connectivity index (χ4n) is 3.58. The Morgan fingerprint density at radius 3 is 2.46 bits per heavy atom. The van der Waals surface area contributed by atoms with Crippen LogP contribution in [0, 0.1) is 0 Å². The molecule has 0 heterocycles.